The fourth-order valence-electron chi connectivity index (χ4n) is 1.90. The van der Waals surface area contributed by atoms with E-state index in [1.807, 2.05) is 0 Å². The first-order valence-electron chi connectivity index (χ1n) is 6.10. The molecular formula is C13H16F3N3OS. The fraction of sp³-hybridized carbons (Fsp3) is 0.385. The number of thiocarbonyl (C=S) groups is 1. The molecule has 0 aliphatic heterocycles. The minimum absolute atomic E-state index is 0.111. The molecule has 1 amide bonds. The molecule has 0 atom stereocenters. The number of rotatable bonds is 5. The number of primary amides is 1. The summed E-state index contributed by atoms with van der Waals surface area (Å²) in [7, 11) is 0. The van der Waals surface area contributed by atoms with Gasteiger partial charge in [-0.1, -0.05) is 12.2 Å². The van der Waals surface area contributed by atoms with Crippen LogP contribution in [0.15, 0.2) is 18.2 Å². The van der Waals surface area contributed by atoms with Crippen molar-refractivity contribution in [3.05, 3.63) is 29.3 Å². The van der Waals surface area contributed by atoms with Crippen molar-refractivity contribution in [3.8, 4) is 0 Å². The molecule has 0 unspecified atom stereocenters. The Morgan fingerprint density at radius 3 is 2.29 bits per heavy atom. The van der Waals surface area contributed by atoms with E-state index in [9.17, 15) is 18.0 Å². The minimum atomic E-state index is -4.55. The molecule has 21 heavy (non-hydrogen) atoms. The number of carbonyl (C=O) groups is 1. The van der Waals surface area contributed by atoms with Gasteiger partial charge in [0.2, 0.25) is 5.91 Å². The van der Waals surface area contributed by atoms with E-state index in [2.05, 4.69) is 12.2 Å². The van der Waals surface area contributed by atoms with Gasteiger partial charge in [-0.3, -0.25) is 4.79 Å². The van der Waals surface area contributed by atoms with Crippen LogP contribution in [0.3, 0.4) is 0 Å². The highest BCUT2D eigenvalue weighted by Gasteiger charge is 2.34. The molecule has 4 nitrogen and oxygen atoms in total. The van der Waals surface area contributed by atoms with Gasteiger partial charge in [-0.2, -0.15) is 13.2 Å². The third-order valence-electron chi connectivity index (χ3n) is 2.86. The summed E-state index contributed by atoms with van der Waals surface area (Å²) in [5.74, 6) is -0.583. The maximum atomic E-state index is 12.9. The Balaban J connectivity index is 3.36. The van der Waals surface area contributed by atoms with Crippen molar-refractivity contribution in [1.29, 1.82) is 0 Å². The van der Waals surface area contributed by atoms with E-state index < -0.39 is 17.6 Å². The molecule has 1 aromatic carbocycles. The largest absolute Gasteiger partial charge is 0.417 e. The molecule has 0 fully saturated rings. The van der Waals surface area contributed by atoms with Crippen LogP contribution in [0.4, 0.5) is 18.9 Å². The van der Waals surface area contributed by atoms with Gasteiger partial charge in [-0.15, -0.1) is 0 Å². The Morgan fingerprint density at radius 1 is 1.33 bits per heavy atom. The van der Waals surface area contributed by atoms with Gasteiger partial charge in [0.15, 0.2) is 0 Å². The highest BCUT2D eigenvalue weighted by atomic mass is 32.1. The molecule has 0 aliphatic carbocycles. The maximum absolute atomic E-state index is 12.9. The average molecular weight is 319 g/mol. The van der Waals surface area contributed by atoms with Crippen LogP contribution in [0.25, 0.3) is 0 Å². The second kappa shape index (κ2) is 6.30. The van der Waals surface area contributed by atoms with Crippen LogP contribution in [0.5, 0.6) is 0 Å². The lowest BCUT2D eigenvalue weighted by molar-refractivity contribution is -0.137. The van der Waals surface area contributed by atoms with Crippen molar-refractivity contribution in [3.63, 3.8) is 0 Å². The van der Waals surface area contributed by atoms with Crippen LogP contribution >= 0.6 is 12.2 Å². The van der Waals surface area contributed by atoms with Gasteiger partial charge < -0.3 is 16.4 Å². The SMILES string of the molecule is CC(C)N(CC(N)=O)c1ccc(C(F)(F)F)c(C(N)=S)c1. The number of hydrogen-bond donors (Lipinski definition) is 2. The predicted molar refractivity (Wildman–Crippen MR) is 79.0 cm³/mol. The first-order valence-corrected chi connectivity index (χ1v) is 6.51. The summed E-state index contributed by atoms with van der Waals surface area (Å²) in [5.41, 5.74) is 9.76. The number of halogens is 3. The number of nitrogens with two attached hydrogens (primary N) is 2. The van der Waals surface area contributed by atoms with Crippen molar-refractivity contribution in [2.45, 2.75) is 26.1 Å². The summed E-state index contributed by atoms with van der Waals surface area (Å²) < 4.78 is 38.7. The Labute approximate surface area is 125 Å². The number of hydrogen-bond acceptors (Lipinski definition) is 3. The van der Waals surface area contributed by atoms with Crippen LogP contribution in [-0.4, -0.2) is 23.5 Å². The van der Waals surface area contributed by atoms with Crippen LogP contribution < -0.4 is 16.4 Å². The molecule has 0 saturated heterocycles. The molecule has 0 spiro atoms. The Kier molecular flexibility index (Phi) is 5.16. The van der Waals surface area contributed by atoms with Crippen LogP contribution in [-0.2, 0) is 11.0 Å². The summed E-state index contributed by atoms with van der Waals surface area (Å²) in [4.78, 5) is 12.3. The lowest BCUT2D eigenvalue weighted by Crippen LogP contribution is -2.38. The van der Waals surface area contributed by atoms with Crippen LogP contribution in [0, 0.1) is 0 Å². The van der Waals surface area contributed by atoms with Gasteiger partial charge in [0.25, 0.3) is 0 Å². The van der Waals surface area contributed by atoms with Gasteiger partial charge in [0.05, 0.1) is 12.1 Å². The van der Waals surface area contributed by atoms with Crippen molar-refractivity contribution in [1.82, 2.24) is 0 Å². The lowest BCUT2D eigenvalue weighted by Gasteiger charge is -2.28. The van der Waals surface area contributed by atoms with Crippen molar-refractivity contribution in [2.24, 2.45) is 11.5 Å². The Hall–Kier alpha value is -1.83. The second-order valence-electron chi connectivity index (χ2n) is 4.78. The zero-order valence-electron chi connectivity index (χ0n) is 11.6. The quantitative estimate of drug-likeness (QED) is 0.815. The Morgan fingerprint density at radius 2 is 1.90 bits per heavy atom. The highest BCUT2D eigenvalue weighted by molar-refractivity contribution is 7.80. The van der Waals surface area contributed by atoms with Crippen LogP contribution in [0.2, 0.25) is 0 Å². The zero-order chi connectivity index (χ0) is 16.4. The topological polar surface area (TPSA) is 72.3 Å². The number of carbonyl (C=O) groups excluding carboxylic acids is 1. The number of nitrogens with zero attached hydrogens (tertiary/aromatic N) is 1. The highest BCUT2D eigenvalue weighted by Crippen LogP contribution is 2.34. The van der Waals surface area contributed by atoms with Gasteiger partial charge >= 0.3 is 6.18 Å². The molecule has 0 bridgehead atoms. The molecule has 0 radical (unpaired) electrons. The van der Waals surface area contributed by atoms with Gasteiger partial charge in [0, 0.05) is 17.3 Å². The molecule has 0 aromatic heterocycles. The molecule has 0 saturated carbocycles. The van der Waals surface area contributed by atoms with E-state index in [4.69, 9.17) is 11.5 Å². The monoisotopic (exact) mass is 319 g/mol. The second-order valence-corrected chi connectivity index (χ2v) is 5.22. The fourth-order valence-corrected chi connectivity index (χ4v) is 2.07. The van der Waals surface area contributed by atoms with Gasteiger partial charge in [-0.05, 0) is 32.0 Å². The van der Waals surface area contributed by atoms with E-state index >= 15 is 0 Å². The molecule has 1 rings (SSSR count). The van der Waals surface area contributed by atoms with E-state index in [-0.39, 0.29) is 23.1 Å². The van der Waals surface area contributed by atoms with E-state index in [1.165, 1.54) is 12.1 Å². The standard InChI is InChI=1S/C13H16F3N3OS/c1-7(2)19(6-11(17)20)8-3-4-10(13(14,15)16)9(5-8)12(18)21/h3-5,7H,6H2,1-2H3,(H2,17,20)(H2,18,21). The first kappa shape index (κ1) is 17.2. The summed E-state index contributed by atoms with van der Waals surface area (Å²) in [6, 6.07) is 3.27. The van der Waals surface area contributed by atoms with Crippen LogP contribution in [0.1, 0.15) is 25.0 Å². The number of alkyl halides is 3. The average Bonchev–Trinajstić information content (AvgIpc) is 2.33. The molecule has 116 valence electrons. The van der Waals surface area contributed by atoms with E-state index in [1.54, 1.807) is 18.7 Å². The normalized spacial score (nSPS) is 11.5. The molecule has 4 N–H and O–H groups in total. The summed E-state index contributed by atoms with van der Waals surface area (Å²) in [6.45, 7) is 3.47. The summed E-state index contributed by atoms with van der Waals surface area (Å²) >= 11 is 4.69. The van der Waals surface area contributed by atoms with Gasteiger partial charge in [-0.25, -0.2) is 0 Å². The third kappa shape index (κ3) is 4.32. The smallest absolute Gasteiger partial charge is 0.389 e. The van der Waals surface area contributed by atoms with E-state index in [0.717, 1.165) is 6.07 Å². The Bertz CT molecular complexity index is 558. The lowest BCUT2D eigenvalue weighted by atomic mass is 10.0. The predicted octanol–water partition coefficient (Wildman–Crippen LogP) is 2.04. The van der Waals surface area contributed by atoms with E-state index in [0.29, 0.717) is 5.69 Å². The first-order chi connectivity index (χ1) is 9.54. The van der Waals surface area contributed by atoms with Gasteiger partial charge in [0.1, 0.15) is 4.99 Å². The molecular weight excluding hydrogens is 303 g/mol. The van der Waals surface area contributed by atoms with Crippen molar-refractivity contribution >= 4 is 28.8 Å². The molecule has 8 heteroatoms. The molecule has 0 aliphatic rings. The number of anilines is 1. The van der Waals surface area contributed by atoms with Crippen molar-refractivity contribution in [2.75, 3.05) is 11.4 Å². The molecule has 0 heterocycles. The minimum Gasteiger partial charge on any atom is -0.389 e. The van der Waals surface area contributed by atoms with Crippen molar-refractivity contribution < 1.29 is 18.0 Å². The summed E-state index contributed by atoms with van der Waals surface area (Å²) in [6.07, 6.45) is -4.55. The molecule has 1 aromatic rings. The maximum Gasteiger partial charge on any atom is 0.417 e. The number of benzene rings is 1. The zero-order valence-corrected chi connectivity index (χ0v) is 12.4. The third-order valence-corrected chi connectivity index (χ3v) is 3.08. The number of amides is 1. The summed E-state index contributed by atoms with van der Waals surface area (Å²) in [5, 5.41) is 0.